The maximum absolute atomic E-state index is 12.6. The lowest BCUT2D eigenvalue weighted by molar-refractivity contribution is -0.170. The van der Waals surface area contributed by atoms with Crippen molar-refractivity contribution >= 4 is 11.8 Å². The third kappa shape index (κ3) is 3.50. The fourth-order valence-corrected chi connectivity index (χ4v) is 4.43. The van der Waals surface area contributed by atoms with Gasteiger partial charge < -0.3 is 14.5 Å². The van der Waals surface area contributed by atoms with E-state index in [1.54, 1.807) is 0 Å². The molecule has 26 heavy (non-hydrogen) atoms. The minimum Gasteiger partial charge on any atom is -0.371 e. The molecule has 0 unspecified atom stereocenters. The molecule has 5 nitrogen and oxygen atoms in total. The van der Waals surface area contributed by atoms with E-state index in [-0.39, 0.29) is 11.5 Å². The summed E-state index contributed by atoms with van der Waals surface area (Å²) in [5.74, 6) is 0.836. The molecule has 0 aliphatic carbocycles. The van der Waals surface area contributed by atoms with Gasteiger partial charge in [0, 0.05) is 31.0 Å². The lowest BCUT2D eigenvalue weighted by atomic mass is 9.82. The smallest absolute Gasteiger partial charge is 0.254 e. The number of hydrogen-bond acceptors (Lipinski definition) is 3. The molecule has 3 aliphatic rings. The molecule has 5 heteroatoms. The minimum atomic E-state index is -0.151. The summed E-state index contributed by atoms with van der Waals surface area (Å²) in [7, 11) is 0. The lowest BCUT2D eigenvalue weighted by Crippen LogP contribution is -2.66. The Labute approximate surface area is 155 Å². The first-order chi connectivity index (χ1) is 12.5. The molecule has 3 heterocycles. The summed E-state index contributed by atoms with van der Waals surface area (Å²) in [5, 5.41) is 0. The zero-order valence-electron chi connectivity index (χ0n) is 15.6. The van der Waals surface area contributed by atoms with E-state index in [0.717, 1.165) is 49.9 Å². The maximum Gasteiger partial charge on any atom is 0.254 e. The number of benzene rings is 1. The Balaban J connectivity index is 1.27. The van der Waals surface area contributed by atoms with Crippen molar-refractivity contribution in [3.63, 3.8) is 0 Å². The Kier molecular flexibility index (Phi) is 4.74. The highest BCUT2D eigenvalue weighted by molar-refractivity contribution is 5.95. The largest absolute Gasteiger partial charge is 0.371 e. The van der Waals surface area contributed by atoms with Gasteiger partial charge in [-0.3, -0.25) is 9.59 Å². The van der Waals surface area contributed by atoms with Gasteiger partial charge in [-0.05, 0) is 44.7 Å². The van der Waals surface area contributed by atoms with Crippen molar-refractivity contribution in [2.75, 3.05) is 32.8 Å². The number of ether oxygens (including phenoxy) is 1. The third-order valence-corrected chi connectivity index (χ3v) is 6.04. The minimum absolute atomic E-state index is 0.101. The van der Waals surface area contributed by atoms with Crippen LogP contribution in [0.4, 0.5) is 0 Å². The number of hydrogen-bond donors (Lipinski definition) is 0. The van der Waals surface area contributed by atoms with Crippen LogP contribution in [-0.2, 0) is 9.53 Å². The average Bonchev–Trinajstić information content (AvgIpc) is 2.62. The summed E-state index contributed by atoms with van der Waals surface area (Å²) in [5.41, 5.74) is 1.72. The third-order valence-electron chi connectivity index (χ3n) is 6.04. The van der Waals surface area contributed by atoms with Crippen molar-refractivity contribution in [2.45, 2.75) is 44.6 Å². The summed E-state index contributed by atoms with van der Waals surface area (Å²) < 4.78 is 6.20. The van der Waals surface area contributed by atoms with Crippen LogP contribution in [0.2, 0.25) is 0 Å². The molecule has 1 atom stereocenters. The number of aryl methyl sites for hydroxylation is 1. The number of piperidine rings is 1. The van der Waals surface area contributed by atoms with Crippen LogP contribution >= 0.6 is 0 Å². The maximum atomic E-state index is 12.6. The van der Waals surface area contributed by atoms with Crippen LogP contribution in [-0.4, -0.2) is 60.0 Å². The zero-order valence-corrected chi connectivity index (χ0v) is 15.6. The number of likely N-dealkylation sites (tertiary alicyclic amines) is 2. The molecule has 140 valence electrons. The average molecular weight is 356 g/mol. The van der Waals surface area contributed by atoms with Crippen molar-refractivity contribution in [1.29, 1.82) is 0 Å². The van der Waals surface area contributed by atoms with Crippen LogP contribution in [0, 0.1) is 12.8 Å². The predicted octanol–water partition coefficient (Wildman–Crippen LogP) is 2.63. The number of nitrogens with zero attached hydrogens (tertiary/aromatic N) is 2. The molecular formula is C21H28N2O3. The highest BCUT2D eigenvalue weighted by Crippen LogP contribution is 2.37. The van der Waals surface area contributed by atoms with E-state index in [1.807, 2.05) is 41.0 Å². The van der Waals surface area contributed by atoms with Crippen LogP contribution in [0.25, 0.3) is 0 Å². The van der Waals surface area contributed by atoms with Gasteiger partial charge in [0.05, 0.1) is 19.7 Å². The summed E-state index contributed by atoms with van der Waals surface area (Å²) in [6, 6.07) is 7.77. The quantitative estimate of drug-likeness (QED) is 0.837. The normalized spacial score (nSPS) is 25.3. The van der Waals surface area contributed by atoms with Gasteiger partial charge in [0.15, 0.2) is 0 Å². The van der Waals surface area contributed by atoms with Crippen molar-refractivity contribution in [3.8, 4) is 0 Å². The van der Waals surface area contributed by atoms with Crippen molar-refractivity contribution in [2.24, 2.45) is 5.92 Å². The molecule has 3 saturated heterocycles. The van der Waals surface area contributed by atoms with Crippen LogP contribution < -0.4 is 0 Å². The van der Waals surface area contributed by atoms with Gasteiger partial charge in [0.25, 0.3) is 5.91 Å². The van der Waals surface area contributed by atoms with E-state index >= 15 is 0 Å². The van der Waals surface area contributed by atoms with Crippen LogP contribution in [0.5, 0.6) is 0 Å². The Morgan fingerprint density at radius 2 is 2.15 bits per heavy atom. The molecule has 0 bridgehead atoms. The first kappa shape index (κ1) is 17.5. The van der Waals surface area contributed by atoms with E-state index in [4.69, 9.17) is 4.74 Å². The monoisotopic (exact) mass is 356 g/mol. The molecule has 0 saturated carbocycles. The molecule has 1 aromatic rings. The van der Waals surface area contributed by atoms with Crippen molar-refractivity contribution in [3.05, 3.63) is 35.4 Å². The van der Waals surface area contributed by atoms with E-state index < -0.39 is 0 Å². The van der Waals surface area contributed by atoms with Gasteiger partial charge in [-0.15, -0.1) is 0 Å². The van der Waals surface area contributed by atoms with Gasteiger partial charge in [0.2, 0.25) is 5.91 Å². The van der Waals surface area contributed by atoms with Gasteiger partial charge in [-0.2, -0.15) is 0 Å². The summed E-state index contributed by atoms with van der Waals surface area (Å²) in [4.78, 5) is 28.5. The fraction of sp³-hybridized carbons (Fsp3) is 0.619. The first-order valence-corrected chi connectivity index (χ1v) is 9.82. The zero-order chi connectivity index (χ0) is 18.1. The molecule has 0 N–H and O–H groups in total. The highest BCUT2D eigenvalue weighted by Gasteiger charge is 2.48. The van der Waals surface area contributed by atoms with E-state index in [1.165, 1.54) is 0 Å². The second-order valence-corrected chi connectivity index (χ2v) is 8.23. The van der Waals surface area contributed by atoms with Crippen LogP contribution in [0.15, 0.2) is 24.3 Å². The lowest BCUT2D eigenvalue weighted by Gasteiger charge is -2.53. The molecule has 0 aromatic heterocycles. The second-order valence-electron chi connectivity index (χ2n) is 8.23. The van der Waals surface area contributed by atoms with E-state index in [0.29, 0.717) is 37.9 Å². The second kappa shape index (κ2) is 7.03. The van der Waals surface area contributed by atoms with E-state index in [9.17, 15) is 9.59 Å². The molecule has 0 radical (unpaired) electrons. The highest BCUT2D eigenvalue weighted by atomic mass is 16.5. The number of carbonyl (C=O) groups excluding carboxylic acids is 2. The first-order valence-electron chi connectivity index (χ1n) is 9.82. The molecule has 2 amide bonds. The predicted molar refractivity (Wildman–Crippen MR) is 98.9 cm³/mol. The van der Waals surface area contributed by atoms with Gasteiger partial charge in [-0.25, -0.2) is 0 Å². The summed E-state index contributed by atoms with van der Waals surface area (Å²) >= 11 is 0. The summed E-state index contributed by atoms with van der Waals surface area (Å²) in [6.45, 7) is 5.83. The molecule has 4 rings (SSSR count). The molecule has 3 fully saturated rings. The van der Waals surface area contributed by atoms with Crippen LogP contribution in [0.3, 0.4) is 0 Å². The topological polar surface area (TPSA) is 49.9 Å². The molecule has 1 spiro atoms. The van der Waals surface area contributed by atoms with Crippen LogP contribution in [0.1, 0.15) is 48.0 Å². The molecule has 1 aromatic carbocycles. The van der Waals surface area contributed by atoms with Crippen molar-refractivity contribution < 1.29 is 14.3 Å². The Morgan fingerprint density at radius 3 is 2.85 bits per heavy atom. The standard InChI is InChI=1S/C21H28N2O3/c1-16-5-4-6-18(11-16)20(25)23-14-21(15-23)9-8-17(13-26-21)12-22-10-3-2-7-19(22)24/h4-6,11,17H,2-3,7-10,12-15H2,1H3/t17-/m0/s1. The Morgan fingerprint density at radius 1 is 1.31 bits per heavy atom. The van der Waals surface area contributed by atoms with Gasteiger partial charge in [-0.1, -0.05) is 17.7 Å². The number of amides is 2. The Hall–Kier alpha value is -1.88. The molecular weight excluding hydrogens is 328 g/mol. The fourth-order valence-electron chi connectivity index (χ4n) is 4.43. The van der Waals surface area contributed by atoms with Gasteiger partial charge >= 0.3 is 0 Å². The van der Waals surface area contributed by atoms with Crippen molar-refractivity contribution in [1.82, 2.24) is 9.80 Å². The SMILES string of the molecule is Cc1cccc(C(=O)N2CC3(CC[C@@H](CN4CCCCC4=O)CO3)C2)c1. The van der Waals surface area contributed by atoms with E-state index in [2.05, 4.69) is 0 Å². The summed E-state index contributed by atoms with van der Waals surface area (Å²) in [6.07, 6.45) is 4.92. The number of carbonyl (C=O) groups is 2. The van der Waals surface area contributed by atoms with Gasteiger partial charge in [0.1, 0.15) is 5.60 Å². The Bertz CT molecular complexity index is 686. The number of rotatable bonds is 3. The molecule has 3 aliphatic heterocycles.